The second-order valence-corrected chi connectivity index (χ2v) is 3.36. The van der Waals surface area contributed by atoms with Gasteiger partial charge in [-0.2, -0.15) is 8.42 Å². The maximum absolute atomic E-state index is 10.3. The van der Waals surface area contributed by atoms with Crippen LogP contribution in [0.15, 0.2) is 24.3 Å². The average molecular weight is 230 g/mol. The first-order chi connectivity index (χ1) is 5.47. The molecule has 0 fully saturated rings. The summed E-state index contributed by atoms with van der Waals surface area (Å²) >= 11 is 0. The largest absolute Gasteiger partial charge is 2.00 e. The van der Waals surface area contributed by atoms with Crippen molar-refractivity contribution in [3.05, 3.63) is 24.3 Å². The third-order valence-corrected chi connectivity index (χ3v) is 1.63. The molecule has 0 atom stereocenters. The smallest absolute Gasteiger partial charge is 1.00 e. The molecule has 4 N–H and O–H groups in total. The van der Waals surface area contributed by atoms with Gasteiger partial charge in [0.1, 0.15) is 0 Å². The van der Waals surface area contributed by atoms with Crippen molar-refractivity contribution in [3.63, 3.8) is 0 Å². The summed E-state index contributed by atoms with van der Waals surface area (Å²) in [6.07, 6.45) is 0. The predicted molar refractivity (Wildman–Crippen MR) is 54.0 cm³/mol. The molecule has 0 unspecified atom stereocenters. The third-order valence-electron chi connectivity index (χ3n) is 1.13. The maximum Gasteiger partial charge on any atom is 2.00 e. The van der Waals surface area contributed by atoms with Crippen LogP contribution in [0.2, 0.25) is 0 Å². The van der Waals surface area contributed by atoms with Gasteiger partial charge in [-0.25, -0.2) is 0 Å². The molecule has 7 heteroatoms. The zero-order valence-corrected chi connectivity index (χ0v) is 9.79. The summed E-state index contributed by atoms with van der Waals surface area (Å²) in [4.78, 5) is 0. The Kier molecular flexibility index (Phi) is 5.01. The number of nitrogens with two attached hydrogens (primary N) is 1. The first kappa shape index (κ1) is 13.0. The molecule has 0 aliphatic rings. The summed E-state index contributed by atoms with van der Waals surface area (Å²) in [5.41, 5.74) is 6.01. The molecule has 1 rings (SSSR count). The van der Waals surface area contributed by atoms with E-state index in [0.717, 1.165) is 0 Å². The molecule has 0 amide bonds. The van der Waals surface area contributed by atoms with E-state index in [-0.39, 0.29) is 46.3 Å². The molecule has 0 aliphatic carbocycles. The van der Waals surface area contributed by atoms with Crippen molar-refractivity contribution in [3.8, 4) is 0 Å². The Morgan fingerprint density at radius 3 is 2.54 bits per heavy atom. The minimum atomic E-state index is -4.20. The molecule has 5 nitrogen and oxygen atoms in total. The van der Waals surface area contributed by atoms with E-state index in [0.29, 0.717) is 5.69 Å². The summed E-state index contributed by atoms with van der Waals surface area (Å²) in [6, 6.07) is 6.05. The van der Waals surface area contributed by atoms with E-state index in [9.17, 15) is 8.42 Å². The fourth-order valence-electron chi connectivity index (χ4n) is 0.751. The van der Waals surface area contributed by atoms with Crippen LogP contribution >= 0.6 is 0 Å². The molecule has 0 saturated heterocycles. The number of nitrogens with one attached hydrogen (secondary N) is 1. The Labute approximate surface area is 109 Å². The van der Waals surface area contributed by atoms with E-state index in [4.69, 9.17) is 10.3 Å². The molecule has 1 aromatic rings. The Hall–Kier alpha value is -0.0103. The minimum absolute atomic E-state index is 0. The van der Waals surface area contributed by atoms with Gasteiger partial charge in [-0.1, -0.05) is 6.07 Å². The van der Waals surface area contributed by atoms with Crippen LogP contribution in [0.1, 0.15) is 2.85 Å². The summed E-state index contributed by atoms with van der Waals surface area (Å²) in [7, 11) is -4.20. The van der Waals surface area contributed by atoms with Crippen molar-refractivity contribution >= 4 is 59.4 Å². The molecule has 1 aromatic carbocycles. The average Bonchev–Trinajstić information content (AvgIpc) is 1.82. The van der Waals surface area contributed by atoms with E-state index in [2.05, 4.69) is 0 Å². The van der Waals surface area contributed by atoms with E-state index in [1.54, 1.807) is 12.1 Å². The molecular weight excluding hydrogens is 220 g/mol. The normalized spacial score (nSPS) is 10.2. The zero-order valence-electron chi connectivity index (χ0n) is 8.77. The third kappa shape index (κ3) is 5.33. The molecule has 13 heavy (non-hydrogen) atoms. The van der Waals surface area contributed by atoms with Gasteiger partial charge in [0, 0.05) is 5.69 Å². The fraction of sp³-hybridized carbons (Fsp3) is 0. The van der Waals surface area contributed by atoms with Gasteiger partial charge in [0.2, 0.25) is 0 Å². The van der Waals surface area contributed by atoms with Crippen LogP contribution in [0.4, 0.5) is 11.4 Å². The summed E-state index contributed by atoms with van der Waals surface area (Å²) in [6.45, 7) is 0. The van der Waals surface area contributed by atoms with E-state index < -0.39 is 10.3 Å². The molecule has 0 bridgehead atoms. The molecule has 0 saturated carbocycles. The molecule has 0 radical (unpaired) electrons. The number of nitrogen functional groups attached to an aromatic ring is 1. The van der Waals surface area contributed by atoms with Crippen LogP contribution < -0.4 is 10.5 Å². The van der Waals surface area contributed by atoms with Crippen LogP contribution in [0.25, 0.3) is 0 Å². The number of anilines is 2. The topological polar surface area (TPSA) is 92.4 Å². The van der Waals surface area contributed by atoms with Crippen LogP contribution in [0.3, 0.4) is 0 Å². The maximum atomic E-state index is 10.3. The molecular formula is C6H10CaN2O3S. The first-order valence-corrected chi connectivity index (χ1v) is 4.52. The van der Waals surface area contributed by atoms with Crippen molar-refractivity contribution in [2.24, 2.45) is 0 Å². The van der Waals surface area contributed by atoms with Crippen molar-refractivity contribution in [1.29, 1.82) is 0 Å². The van der Waals surface area contributed by atoms with E-state index in [1.165, 1.54) is 12.1 Å². The molecule has 0 aromatic heterocycles. The summed E-state index contributed by atoms with van der Waals surface area (Å²) in [5, 5.41) is 0. The number of hydrogen-bond donors (Lipinski definition) is 3. The van der Waals surface area contributed by atoms with Gasteiger partial charge < -0.3 is 8.59 Å². The standard InChI is InChI=1S/C6H8N2O3S.Ca.2H/c7-5-2-1-3-6(4-5)8-12(9,10)11;;;/h1-4,8H,7H2,(H,9,10,11);;;/q;+2;2*-1. The van der Waals surface area contributed by atoms with Gasteiger partial charge in [-0.3, -0.25) is 9.27 Å². The molecule has 0 aliphatic heterocycles. The van der Waals surface area contributed by atoms with Crippen molar-refractivity contribution in [1.82, 2.24) is 0 Å². The number of rotatable bonds is 2. The Bertz CT molecular complexity index is 388. The summed E-state index contributed by atoms with van der Waals surface area (Å²) < 4.78 is 30.9. The predicted octanol–water partition coefficient (Wildman–Crippen LogP) is 0.328. The van der Waals surface area contributed by atoms with Gasteiger partial charge in [0.15, 0.2) is 0 Å². The monoisotopic (exact) mass is 230 g/mol. The summed E-state index contributed by atoms with van der Waals surface area (Å²) in [5.74, 6) is 0. The van der Waals surface area contributed by atoms with Crippen molar-refractivity contribution in [2.45, 2.75) is 0 Å². The Balaban J connectivity index is -0.000000480. The molecule has 0 spiro atoms. The minimum Gasteiger partial charge on any atom is -1.00 e. The van der Waals surface area contributed by atoms with E-state index >= 15 is 0 Å². The van der Waals surface area contributed by atoms with Crippen molar-refractivity contribution in [2.75, 3.05) is 10.5 Å². The molecule has 70 valence electrons. The number of benzene rings is 1. The van der Waals surface area contributed by atoms with Gasteiger partial charge in [0.05, 0.1) is 5.69 Å². The van der Waals surface area contributed by atoms with Crippen molar-refractivity contribution < 1.29 is 15.8 Å². The Morgan fingerprint density at radius 2 is 2.08 bits per heavy atom. The second kappa shape index (κ2) is 5.02. The van der Waals surface area contributed by atoms with Gasteiger partial charge in [-0.15, -0.1) is 0 Å². The molecule has 0 heterocycles. The second-order valence-electron chi connectivity index (χ2n) is 2.20. The van der Waals surface area contributed by atoms with Crippen LogP contribution in [-0.4, -0.2) is 50.7 Å². The fourth-order valence-corrected chi connectivity index (χ4v) is 1.18. The van der Waals surface area contributed by atoms with Crippen LogP contribution in [-0.2, 0) is 10.3 Å². The zero-order chi connectivity index (χ0) is 9.19. The first-order valence-electron chi connectivity index (χ1n) is 3.08. The van der Waals surface area contributed by atoms with Crippen LogP contribution in [0.5, 0.6) is 0 Å². The number of hydrogen-bond acceptors (Lipinski definition) is 3. The van der Waals surface area contributed by atoms with Gasteiger partial charge in [0.25, 0.3) is 0 Å². The quantitative estimate of drug-likeness (QED) is 0.388. The van der Waals surface area contributed by atoms with Gasteiger partial charge in [-0.05, 0) is 18.2 Å². The van der Waals surface area contributed by atoms with Crippen LogP contribution in [0, 0.1) is 0 Å². The Morgan fingerprint density at radius 1 is 1.46 bits per heavy atom. The van der Waals surface area contributed by atoms with Gasteiger partial charge >= 0.3 is 48.0 Å². The SMILES string of the molecule is Nc1cccc(NS(=O)(=O)O)c1.[Ca+2].[H-].[H-]. The van der Waals surface area contributed by atoms with E-state index in [1.807, 2.05) is 4.72 Å².